The third-order valence-electron chi connectivity index (χ3n) is 6.67. The number of hydrogen-bond acceptors (Lipinski definition) is 6. The van der Waals surface area contributed by atoms with Crippen LogP contribution in [0.4, 0.5) is 0 Å². The van der Waals surface area contributed by atoms with E-state index in [2.05, 4.69) is 17.9 Å². The number of fused-ring (bicyclic) bond motifs is 2. The van der Waals surface area contributed by atoms with Crippen LogP contribution in [0, 0.1) is 23.2 Å². The zero-order valence-electron chi connectivity index (χ0n) is 20.5. The molecular weight excluding hydrogens is 476 g/mol. The lowest BCUT2D eigenvalue weighted by atomic mass is 9.78. The molecule has 6 rings (SSSR count). The van der Waals surface area contributed by atoms with E-state index in [9.17, 15) is 5.02 Å². The van der Waals surface area contributed by atoms with Gasteiger partial charge in [0, 0.05) is 11.0 Å². The van der Waals surface area contributed by atoms with Crippen LogP contribution in [-0.2, 0) is 9.31 Å². The van der Waals surface area contributed by atoms with Crippen LogP contribution in [0.15, 0.2) is 91.0 Å². The van der Waals surface area contributed by atoms with Crippen molar-refractivity contribution in [2.75, 3.05) is 7.11 Å². The standard InChI is InChI=1S/C30H21B2NO5/c1-35-24-13-15-27-26(18-24)29(16-8-20-5-3-2-4-6-20)37-32(27)36-23-11-9-22(10-12-23)30-25-14-7-21(19-33)17-28(25)31(34)38-30/h2-7,9-15,17-18,29-30,34H,1H3. The Bertz CT molecular complexity index is 1590. The molecule has 0 aromatic heterocycles. The zero-order valence-corrected chi connectivity index (χ0v) is 20.5. The first-order chi connectivity index (χ1) is 18.6. The van der Waals surface area contributed by atoms with Crippen LogP contribution in [-0.4, -0.2) is 26.4 Å². The molecule has 0 spiro atoms. The minimum atomic E-state index is -1.08. The van der Waals surface area contributed by atoms with E-state index in [1.807, 2.05) is 78.9 Å². The maximum absolute atomic E-state index is 10.4. The van der Waals surface area contributed by atoms with Crippen LogP contribution in [0.2, 0.25) is 0 Å². The average Bonchev–Trinajstić information content (AvgIpc) is 3.49. The van der Waals surface area contributed by atoms with E-state index in [0.29, 0.717) is 16.8 Å². The van der Waals surface area contributed by atoms with Gasteiger partial charge >= 0.3 is 14.2 Å². The number of hydrogen-bond donors (Lipinski definition) is 1. The number of ether oxygens (including phenoxy) is 1. The van der Waals surface area contributed by atoms with E-state index in [1.54, 1.807) is 19.2 Å². The number of methoxy groups -OCH3 is 1. The summed E-state index contributed by atoms with van der Waals surface area (Å²) in [4.78, 5) is 0. The van der Waals surface area contributed by atoms with E-state index in [-0.39, 0.29) is 0 Å². The maximum atomic E-state index is 10.4. The van der Waals surface area contributed by atoms with E-state index >= 15 is 0 Å². The Labute approximate surface area is 221 Å². The van der Waals surface area contributed by atoms with Crippen molar-refractivity contribution in [1.29, 1.82) is 5.26 Å². The van der Waals surface area contributed by atoms with Crippen molar-refractivity contribution < 1.29 is 23.7 Å². The first-order valence-corrected chi connectivity index (χ1v) is 12.2. The van der Waals surface area contributed by atoms with Gasteiger partial charge in [0.1, 0.15) is 17.6 Å². The third-order valence-corrected chi connectivity index (χ3v) is 6.67. The highest BCUT2D eigenvalue weighted by Gasteiger charge is 2.39. The minimum Gasteiger partial charge on any atom is -0.532 e. The molecule has 8 heteroatoms. The van der Waals surface area contributed by atoms with Crippen molar-refractivity contribution in [1.82, 2.24) is 0 Å². The summed E-state index contributed by atoms with van der Waals surface area (Å²) in [7, 11) is -0.0777. The van der Waals surface area contributed by atoms with E-state index in [1.165, 1.54) is 0 Å². The summed E-state index contributed by atoms with van der Waals surface area (Å²) in [6, 6.07) is 30.3. The van der Waals surface area contributed by atoms with Crippen LogP contribution >= 0.6 is 0 Å². The highest BCUT2D eigenvalue weighted by Crippen LogP contribution is 2.33. The molecular formula is C30H21B2NO5. The van der Waals surface area contributed by atoms with Crippen LogP contribution in [0.3, 0.4) is 0 Å². The summed E-state index contributed by atoms with van der Waals surface area (Å²) in [5.74, 6) is 7.75. The van der Waals surface area contributed by atoms with Gasteiger partial charge in [0.15, 0.2) is 0 Å². The lowest BCUT2D eigenvalue weighted by Gasteiger charge is -2.15. The van der Waals surface area contributed by atoms with Crippen molar-refractivity contribution in [2.24, 2.45) is 0 Å². The molecule has 0 fully saturated rings. The molecule has 38 heavy (non-hydrogen) atoms. The molecule has 4 aromatic carbocycles. The molecule has 1 N–H and O–H groups in total. The Morgan fingerprint density at radius 2 is 1.61 bits per heavy atom. The first kappa shape index (κ1) is 23.9. The quantitative estimate of drug-likeness (QED) is 0.345. The number of rotatable bonds is 4. The van der Waals surface area contributed by atoms with Gasteiger partial charge in [0.2, 0.25) is 0 Å². The summed E-state index contributed by atoms with van der Waals surface area (Å²) in [5, 5.41) is 19.5. The molecule has 2 aliphatic rings. The number of nitriles is 1. The fourth-order valence-corrected chi connectivity index (χ4v) is 4.74. The van der Waals surface area contributed by atoms with Crippen LogP contribution in [0.5, 0.6) is 11.5 Å². The van der Waals surface area contributed by atoms with Crippen LogP contribution in [0.25, 0.3) is 0 Å². The molecule has 0 saturated carbocycles. The molecule has 2 unspecified atom stereocenters. The SMILES string of the molecule is COc1ccc2c(c1)C(C#Cc1ccccc1)OB2Oc1ccc(C2OB(O)c3cc(C#N)ccc32)cc1. The fourth-order valence-electron chi connectivity index (χ4n) is 4.74. The third kappa shape index (κ3) is 4.53. The number of benzene rings is 4. The fraction of sp³-hybridized carbons (Fsp3) is 0.100. The summed E-state index contributed by atoms with van der Waals surface area (Å²) >= 11 is 0. The Morgan fingerprint density at radius 3 is 2.37 bits per heavy atom. The van der Waals surface area contributed by atoms with Crippen LogP contribution < -0.4 is 20.3 Å². The van der Waals surface area contributed by atoms with E-state index < -0.39 is 26.4 Å². The molecule has 4 aromatic rings. The molecule has 0 amide bonds. The molecule has 0 aliphatic carbocycles. The summed E-state index contributed by atoms with van der Waals surface area (Å²) < 4.78 is 23.7. The van der Waals surface area contributed by atoms with Crippen molar-refractivity contribution in [3.63, 3.8) is 0 Å². The van der Waals surface area contributed by atoms with Gasteiger partial charge in [-0.15, -0.1) is 0 Å². The molecule has 0 saturated heterocycles. The Morgan fingerprint density at radius 1 is 0.816 bits per heavy atom. The van der Waals surface area contributed by atoms with Gasteiger partial charge in [0.05, 0.1) is 24.8 Å². The summed E-state index contributed by atoms with van der Waals surface area (Å²) in [6.45, 7) is 0. The van der Waals surface area contributed by atoms with Gasteiger partial charge in [-0.2, -0.15) is 5.26 Å². The second kappa shape index (κ2) is 10.1. The normalized spacial score (nSPS) is 17.2. The second-order valence-corrected chi connectivity index (χ2v) is 8.99. The van der Waals surface area contributed by atoms with E-state index in [0.717, 1.165) is 33.5 Å². The van der Waals surface area contributed by atoms with E-state index in [4.69, 9.17) is 24.0 Å². The van der Waals surface area contributed by atoms with Gasteiger partial charge in [-0.25, -0.2) is 0 Å². The monoisotopic (exact) mass is 497 g/mol. The van der Waals surface area contributed by atoms with Crippen LogP contribution in [0.1, 0.15) is 40.0 Å². The second-order valence-electron chi connectivity index (χ2n) is 8.99. The molecule has 6 nitrogen and oxygen atoms in total. The summed E-state index contributed by atoms with van der Waals surface area (Å²) in [6.07, 6.45) is -0.900. The van der Waals surface area contributed by atoms with Crippen molar-refractivity contribution in [3.05, 3.63) is 119 Å². The maximum Gasteiger partial charge on any atom is 0.564 e. The molecule has 2 heterocycles. The Hall–Kier alpha value is -4.46. The molecule has 0 radical (unpaired) electrons. The Balaban J connectivity index is 1.23. The van der Waals surface area contributed by atoms with Gasteiger partial charge in [-0.3, -0.25) is 0 Å². The van der Waals surface area contributed by atoms with Gasteiger partial charge in [-0.1, -0.05) is 54.3 Å². The molecule has 2 atom stereocenters. The van der Waals surface area contributed by atoms with Crippen molar-refractivity contribution in [3.8, 4) is 29.4 Å². The predicted octanol–water partition coefficient (Wildman–Crippen LogP) is 3.27. The highest BCUT2D eigenvalue weighted by molar-refractivity contribution is 6.64. The lowest BCUT2D eigenvalue weighted by Crippen LogP contribution is -2.35. The molecule has 2 aliphatic heterocycles. The van der Waals surface area contributed by atoms with Gasteiger partial charge < -0.3 is 23.7 Å². The average molecular weight is 497 g/mol. The highest BCUT2D eigenvalue weighted by atomic mass is 16.6. The van der Waals surface area contributed by atoms with Gasteiger partial charge in [0.25, 0.3) is 0 Å². The lowest BCUT2D eigenvalue weighted by molar-refractivity contribution is 0.226. The molecule has 0 bridgehead atoms. The summed E-state index contributed by atoms with van der Waals surface area (Å²) in [5.41, 5.74) is 5.52. The topological polar surface area (TPSA) is 80.9 Å². The molecule has 182 valence electrons. The smallest absolute Gasteiger partial charge is 0.532 e. The van der Waals surface area contributed by atoms with Gasteiger partial charge in [-0.05, 0) is 70.7 Å². The largest absolute Gasteiger partial charge is 0.564 e. The van der Waals surface area contributed by atoms with Crippen molar-refractivity contribution >= 4 is 25.2 Å². The number of nitrogens with zero attached hydrogens (tertiary/aromatic N) is 1. The zero-order chi connectivity index (χ0) is 26.1. The first-order valence-electron chi connectivity index (χ1n) is 12.2. The predicted molar refractivity (Wildman–Crippen MR) is 144 cm³/mol. The Kier molecular flexibility index (Phi) is 6.37. The minimum absolute atomic E-state index is 0.435. The van der Waals surface area contributed by atoms with Crippen molar-refractivity contribution in [2.45, 2.75) is 12.2 Å².